The molecule has 0 unspecified atom stereocenters. The summed E-state index contributed by atoms with van der Waals surface area (Å²) in [6, 6.07) is 0.110. The molecule has 0 aliphatic heterocycles. The molecule has 0 atom stereocenters. The number of likely N-dealkylation sites (N-methyl/N-ethyl adjacent to an activating group) is 1. The first kappa shape index (κ1) is 16.5. The van der Waals surface area contributed by atoms with Crippen molar-refractivity contribution in [2.45, 2.75) is 33.2 Å². The minimum Gasteiger partial charge on any atom is -0.354 e. The van der Waals surface area contributed by atoms with Gasteiger partial charge in [0.15, 0.2) is 5.82 Å². The molecule has 7 heteroatoms. The van der Waals surface area contributed by atoms with Crippen molar-refractivity contribution in [2.75, 3.05) is 30.4 Å². The van der Waals surface area contributed by atoms with Crippen LogP contribution in [0.1, 0.15) is 27.2 Å². The number of hydrogen-bond donors (Lipinski definition) is 2. The summed E-state index contributed by atoms with van der Waals surface area (Å²) in [4.78, 5) is 21.9. The Morgan fingerprint density at radius 3 is 2.80 bits per heavy atom. The van der Waals surface area contributed by atoms with E-state index in [0.717, 1.165) is 13.0 Å². The highest BCUT2D eigenvalue weighted by atomic mass is 35.5. The molecule has 6 nitrogen and oxygen atoms in total. The number of carbonyl (C=O) groups excluding carboxylic acids is 1. The number of nitrogens with zero attached hydrogens (tertiary/aromatic N) is 3. The zero-order valence-corrected chi connectivity index (χ0v) is 13.2. The zero-order valence-electron chi connectivity index (χ0n) is 12.4. The molecule has 0 saturated carbocycles. The largest absolute Gasteiger partial charge is 0.354 e. The predicted molar refractivity (Wildman–Crippen MR) is 82.4 cm³/mol. The minimum absolute atomic E-state index is 0.0692. The van der Waals surface area contributed by atoms with E-state index in [4.69, 9.17) is 11.6 Å². The molecule has 112 valence electrons. The molecule has 0 aliphatic rings. The SMILES string of the molecule is CCCNc1ncc(Cl)c(N(C)CC(=O)NC(C)C)n1. The molecule has 1 aromatic rings. The Labute approximate surface area is 124 Å². The molecule has 20 heavy (non-hydrogen) atoms. The van der Waals surface area contributed by atoms with Crippen molar-refractivity contribution in [3.8, 4) is 0 Å². The second-order valence-corrected chi connectivity index (χ2v) is 5.28. The van der Waals surface area contributed by atoms with Crippen LogP contribution < -0.4 is 15.5 Å². The molecule has 0 aliphatic carbocycles. The van der Waals surface area contributed by atoms with Gasteiger partial charge in [-0.05, 0) is 20.3 Å². The van der Waals surface area contributed by atoms with E-state index in [2.05, 4.69) is 27.5 Å². The maximum absolute atomic E-state index is 11.8. The second-order valence-electron chi connectivity index (χ2n) is 4.87. The minimum atomic E-state index is -0.0692. The highest BCUT2D eigenvalue weighted by Crippen LogP contribution is 2.22. The Morgan fingerprint density at radius 1 is 1.50 bits per heavy atom. The first-order chi connectivity index (χ1) is 9.43. The Kier molecular flexibility index (Phi) is 6.51. The van der Waals surface area contributed by atoms with E-state index in [1.807, 2.05) is 13.8 Å². The number of nitrogens with one attached hydrogen (secondary N) is 2. The fourth-order valence-corrected chi connectivity index (χ4v) is 1.84. The summed E-state index contributed by atoms with van der Waals surface area (Å²) in [6.45, 7) is 6.89. The number of carbonyl (C=O) groups is 1. The molecule has 2 N–H and O–H groups in total. The summed E-state index contributed by atoms with van der Waals surface area (Å²) in [5.74, 6) is 0.988. The van der Waals surface area contributed by atoms with E-state index < -0.39 is 0 Å². The van der Waals surface area contributed by atoms with E-state index in [-0.39, 0.29) is 18.5 Å². The van der Waals surface area contributed by atoms with Crippen LogP contribution in [-0.4, -0.2) is 42.1 Å². The van der Waals surface area contributed by atoms with Crippen LogP contribution in [0.5, 0.6) is 0 Å². The van der Waals surface area contributed by atoms with Crippen LogP contribution in [0.25, 0.3) is 0 Å². The molecule has 0 bridgehead atoms. The van der Waals surface area contributed by atoms with Gasteiger partial charge < -0.3 is 15.5 Å². The van der Waals surface area contributed by atoms with Crippen molar-refractivity contribution in [1.29, 1.82) is 0 Å². The molecule has 0 aromatic carbocycles. The second kappa shape index (κ2) is 7.89. The molecule has 0 spiro atoms. The highest BCUT2D eigenvalue weighted by molar-refractivity contribution is 6.32. The van der Waals surface area contributed by atoms with Crippen LogP contribution in [0, 0.1) is 0 Å². The van der Waals surface area contributed by atoms with Gasteiger partial charge in [-0.2, -0.15) is 4.98 Å². The van der Waals surface area contributed by atoms with Crippen LogP contribution in [0.3, 0.4) is 0 Å². The summed E-state index contributed by atoms with van der Waals surface area (Å²) >= 11 is 6.09. The Morgan fingerprint density at radius 2 is 2.20 bits per heavy atom. The molecular formula is C13H22ClN5O. The Bertz CT molecular complexity index is 452. The quantitative estimate of drug-likeness (QED) is 0.805. The summed E-state index contributed by atoms with van der Waals surface area (Å²) in [5, 5.41) is 6.35. The fraction of sp³-hybridized carbons (Fsp3) is 0.615. The lowest BCUT2D eigenvalue weighted by Gasteiger charge is -2.20. The molecule has 1 aromatic heterocycles. The molecule has 1 heterocycles. The van der Waals surface area contributed by atoms with Crippen molar-refractivity contribution >= 4 is 29.3 Å². The van der Waals surface area contributed by atoms with Gasteiger partial charge in [0.1, 0.15) is 5.02 Å². The van der Waals surface area contributed by atoms with Crippen LogP contribution in [0.15, 0.2) is 6.20 Å². The van der Waals surface area contributed by atoms with E-state index in [0.29, 0.717) is 16.8 Å². The lowest BCUT2D eigenvalue weighted by atomic mass is 10.4. The van der Waals surface area contributed by atoms with Gasteiger partial charge in [0.2, 0.25) is 11.9 Å². The Balaban J connectivity index is 2.75. The van der Waals surface area contributed by atoms with Crippen LogP contribution in [0.2, 0.25) is 5.02 Å². The summed E-state index contributed by atoms with van der Waals surface area (Å²) in [7, 11) is 1.78. The standard InChI is InChI=1S/C13H22ClN5O/c1-5-6-15-13-16-7-10(14)12(18-13)19(4)8-11(20)17-9(2)3/h7,9H,5-6,8H2,1-4H3,(H,17,20)(H,15,16,18). The fourth-order valence-electron chi connectivity index (χ4n) is 1.61. The highest BCUT2D eigenvalue weighted by Gasteiger charge is 2.14. The summed E-state index contributed by atoms with van der Waals surface area (Å²) in [6.07, 6.45) is 2.52. The average molecular weight is 300 g/mol. The van der Waals surface area contributed by atoms with E-state index >= 15 is 0 Å². The van der Waals surface area contributed by atoms with Gasteiger partial charge in [-0.25, -0.2) is 4.98 Å². The monoisotopic (exact) mass is 299 g/mol. The van der Waals surface area contributed by atoms with Gasteiger partial charge in [-0.1, -0.05) is 18.5 Å². The van der Waals surface area contributed by atoms with Crippen molar-refractivity contribution in [3.05, 3.63) is 11.2 Å². The third-order valence-electron chi connectivity index (χ3n) is 2.45. The summed E-state index contributed by atoms with van der Waals surface area (Å²) in [5.41, 5.74) is 0. The van der Waals surface area contributed by atoms with E-state index in [9.17, 15) is 4.79 Å². The lowest BCUT2D eigenvalue weighted by Crippen LogP contribution is -2.39. The Hall–Kier alpha value is -1.56. The zero-order chi connectivity index (χ0) is 15.1. The predicted octanol–water partition coefficient (Wildman–Crippen LogP) is 1.91. The van der Waals surface area contributed by atoms with Gasteiger partial charge in [0.05, 0.1) is 12.7 Å². The lowest BCUT2D eigenvalue weighted by molar-refractivity contribution is -0.120. The number of aromatic nitrogens is 2. The van der Waals surface area contributed by atoms with Crippen LogP contribution in [-0.2, 0) is 4.79 Å². The van der Waals surface area contributed by atoms with Gasteiger partial charge in [0.25, 0.3) is 0 Å². The van der Waals surface area contributed by atoms with Crippen LogP contribution in [0.4, 0.5) is 11.8 Å². The van der Waals surface area contributed by atoms with Gasteiger partial charge in [-0.15, -0.1) is 0 Å². The van der Waals surface area contributed by atoms with E-state index in [1.54, 1.807) is 18.1 Å². The number of rotatable bonds is 7. The molecular weight excluding hydrogens is 278 g/mol. The van der Waals surface area contributed by atoms with Gasteiger partial charge >= 0.3 is 0 Å². The average Bonchev–Trinajstić information content (AvgIpc) is 2.36. The molecule has 0 radical (unpaired) electrons. The first-order valence-corrected chi connectivity index (χ1v) is 7.08. The number of halogens is 1. The molecule has 1 amide bonds. The van der Waals surface area contributed by atoms with Crippen molar-refractivity contribution < 1.29 is 4.79 Å². The first-order valence-electron chi connectivity index (χ1n) is 6.71. The van der Waals surface area contributed by atoms with Gasteiger partial charge in [0, 0.05) is 19.6 Å². The smallest absolute Gasteiger partial charge is 0.239 e. The van der Waals surface area contributed by atoms with Crippen molar-refractivity contribution in [1.82, 2.24) is 15.3 Å². The molecule has 0 fully saturated rings. The summed E-state index contributed by atoms with van der Waals surface area (Å²) < 4.78 is 0. The van der Waals surface area contributed by atoms with Gasteiger partial charge in [-0.3, -0.25) is 4.79 Å². The maximum Gasteiger partial charge on any atom is 0.239 e. The molecule has 1 rings (SSSR count). The van der Waals surface area contributed by atoms with E-state index in [1.165, 1.54) is 0 Å². The normalized spacial score (nSPS) is 10.5. The topological polar surface area (TPSA) is 70.2 Å². The van der Waals surface area contributed by atoms with Crippen molar-refractivity contribution in [2.24, 2.45) is 0 Å². The number of anilines is 2. The molecule has 0 saturated heterocycles. The maximum atomic E-state index is 11.8. The third kappa shape index (κ3) is 5.21. The van der Waals surface area contributed by atoms with Crippen molar-refractivity contribution in [3.63, 3.8) is 0 Å². The number of amides is 1. The number of hydrogen-bond acceptors (Lipinski definition) is 5. The third-order valence-corrected chi connectivity index (χ3v) is 2.72. The van der Waals surface area contributed by atoms with Crippen LogP contribution >= 0.6 is 11.6 Å².